The SMILES string of the molecule is CC1(C)c2ccccc2-c2cccc(-c3ccccc3N(c3ccc4c(c3)C3(CC5CCC3C5)c3ccccc3-4)c3ccccc3-c3cccc4ccccc34)c21. The van der Waals surface area contributed by atoms with Gasteiger partial charge in [0.15, 0.2) is 0 Å². The maximum Gasteiger partial charge on any atom is 0.0540 e. The maximum atomic E-state index is 2.61. The van der Waals surface area contributed by atoms with Crippen molar-refractivity contribution < 1.29 is 0 Å². The lowest BCUT2D eigenvalue weighted by atomic mass is 9.67. The van der Waals surface area contributed by atoms with Crippen LogP contribution in [0.4, 0.5) is 17.1 Å². The Balaban J connectivity index is 1.13. The predicted octanol–water partition coefficient (Wildman–Crippen LogP) is 15.0. The number of para-hydroxylation sites is 2. The molecule has 8 aromatic rings. The molecule has 2 saturated carbocycles. The van der Waals surface area contributed by atoms with Crippen LogP contribution in [0, 0.1) is 11.8 Å². The summed E-state index contributed by atoms with van der Waals surface area (Å²) in [5, 5.41) is 2.53. The van der Waals surface area contributed by atoms with Gasteiger partial charge in [0.1, 0.15) is 0 Å². The number of fused-ring (bicyclic) bond motifs is 12. The summed E-state index contributed by atoms with van der Waals surface area (Å²) in [5.41, 5.74) is 20.1. The molecule has 4 aliphatic rings. The predicted molar refractivity (Wildman–Crippen MR) is 239 cm³/mol. The molecule has 1 spiro atoms. The lowest BCUT2D eigenvalue weighted by Crippen LogP contribution is -2.32. The third-order valence-electron chi connectivity index (χ3n) is 14.5. The van der Waals surface area contributed by atoms with E-state index in [9.17, 15) is 0 Å². The van der Waals surface area contributed by atoms with Crippen LogP contribution in [0.25, 0.3) is 55.3 Å². The van der Waals surface area contributed by atoms with E-state index in [1.807, 2.05) is 0 Å². The van der Waals surface area contributed by atoms with E-state index < -0.39 is 0 Å². The Hall–Kier alpha value is -6.18. The molecule has 1 nitrogen and oxygen atoms in total. The van der Waals surface area contributed by atoms with E-state index in [1.165, 1.54) is 115 Å². The van der Waals surface area contributed by atoms with Gasteiger partial charge in [0.05, 0.1) is 11.4 Å². The molecule has 3 atom stereocenters. The number of hydrogen-bond acceptors (Lipinski definition) is 1. The van der Waals surface area contributed by atoms with Gasteiger partial charge in [0.2, 0.25) is 0 Å². The maximum absolute atomic E-state index is 2.61. The number of hydrogen-bond donors (Lipinski definition) is 0. The van der Waals surface area contributed by atoms with Crippen LogP contribution in [0.15, 0.2) is 176 Å². The lowest BCUT2D eigenvalue weighted by molar-refractivity contribution is 0.327. The molecular weight excluding hydrogens is 687 g/mol. The van der Waals surface area contributed by atoms with Crippen molar-refractivity contribution in [2.45, 2.75) is 50.4 Å². The van der Waals surface area contributed by atoms with Gasteiger partial charge in [0, 0.05) is 27.6 Å². The van der Waals surface area contributed by atoms with Gasteiger partial charge in [-0.3, -0.25) is 0 Å². The summed E-state index contributed by atoms with van der Waals surface area (Å²) in [7, 11) is 0. The minimum absolute atomic E-state index is 0.0846. The van der Waals surface area contributed by atoms with Crippen LogP contribution >= 0.6 is 0 Å². The molecule has 0 aromatic heterocycles. The van der Waals surface area contributed by atoms with Crippen molar-refractivity contribution in [3.63, 3.8) is 0 Å². The standard InChI is InChI=1S/C56H45N/c1-55(2)49-25-9-5-19-43(49)47-23-14-24-48(54(47)55)46-21-8-12-28-53(46)57(52-27-11-7-20-45(52)41-22-13-16-37-15-3-4-17-40(37)41)39-31-32-44-42-18-6-10-26-50(42)56(51(44)34-39)35-36-29-30-38(56)33-36/h3-28,31-32,34,36,38H,29-30,33,35H2,1-2H3. The normalized spacial score (nSPS) is 20.4. The highest BCUT2D eigenvalue weighted by Crippen LogP contribution is 2.66. The van der Waals surface area contributed by atoms with Crippen LogP contribution in [-0.2, 0) is 10.8 Å². The Labute approximate surface area is 336 Å². The summed E-state index contributed by atoms with van der Waals surface area (Å²) in [6.07, 6.45) is 5.32. The second-order valence-electron chi connectivity index (χ2n) is 17.6. The van der Waals surface area contributed by atoms with Crippen LogP contribution in [0.5, 0.6) is 0 Å². The zero-order valence-electron chi connectivity index (χ0n) is 32.7. The van der Waals surface area contributed by atoms with Crippen LogP contribution in [0.2, 0.25) is 0 Å². The van der Waals surface area contributed by atoms with E-state index in [0.717, 1.165) is 5.92 Å². The van der Waals surface area contributed by atoms with Crippen LogP contribution in [0.1, 0.15) is 61.8 Å². The van der Waals surface area contributed by atoms with Gasteiger partial charge >= 0.3 is 0 Å². The van der Waals surface area contributed by atoms with Crippen LogP contribution in [0.3, 0.4) is 0 Å². The van der Waals surface area contributed by atoms with Gasteiger partial charge in [-0.15, -0.1) is 0 Å². The molecule has 0 aliphatic heterocycles. The Kier molecular flexibility index (Phi) is 7.04. The van der Waals surface area contributed by atoms with Crippen molar-refractivity contribution in [1.82, 2.24) is 0 Å². The molecule has 2 fully saturated rings. The fraction of sp³-hybridized carbons (Fsp3) is 0.179. The summed E-state index contributed by atoms with van der Waals surface area (Å²) in [4.78, 5) is 2.60. The van der Waals surface area contributed by atoms with Crippen molar-refractivity contribution in [2.75, 3.05) is 4.90 Å². The Bertz CT molecular complexity index is 2920. The number of benzene rings is 8. The van der Waals surface area contributed by atoms with Crippen molar-refractivity contribution in [2.24, 2.45) is 11.8 Å². The molecule has 274 valence electrons. The molecule has 0 radical (unpaired) electrons. The lowest BCUT2D eigenvalue weighted by Gasteiger charge is -2.37. The largest absolute Gasteiger partial charge is 0.309 e. The first-order chi connectivity index (χ1) is 28.0. The highest BCUT2D eigenvalue weighted by molar-refractivity contribution is 6.03. The minimum atomic E-state index is -0.144. The smallest absolute Gasteiger partial charge is 0.0540 e. The second-order valence-corrected chi connectivity index (χ2v) is 17.6. The molecule has 0 heterocycles. The summed E-state index contributed by atoms with van der Waals surface area (Å²) >= 11 is 0. The molecule has 0 N–H and O–H groups in total. The Morgan fingerprint density at radius 3 is 1.74 bits per heavy atom. The number of nitrogens with zero attached hydrogens (tertiary/aromatic N) is 1. The number of anilines is 3. The topological polar surface area (TPSA) is 3.24 Å². The van der Waals surface area contributed by atoms with E-state index in [2.05, 4.69) is 195 Å². The summed E-state index contributed by atoms with van der Waals surface area (Å²) in [5.74, 6) is 1.51. The molecule has 8 aromatic carbocycles. The number of rotatable bonds is 5. The zero-order valence-corrected chi connectivity index (χ0v) is 32.7. The van der Waals surface area contributed by atoms with Gasteiger partial charge in [-0.05, 0) is 122 Å². The van der Waals surface area contributed by atoms with Crippen LogP contribution < -0.4 is 4.90 Å². The Morgan fingerprint density at radius 1 is 0.456 bits per heavy atom. The quantitative estimate of drug-likeness (QED) is 0.170. The molecule has 3 unspecified atom stereocenters. The molecule has 4 aliphatic carbocycles. The first kappa shape index (κ1) is 33.0. The molecule has 2 bridgehead atoms. The summed E-state index contributed by atoms with van der Waals surface area (Å²) in [6.45, 7) is 4.81. The fourth-order valence-electron chi connectivity index (χ4n) is 12.3. The molecule has 0 saturated heterocycles. The van der Waals surface area contributed by atoms with Gasteiger partial charge in [0.25, 0.3) is 0 Å². The zero-order chi connectivity index (χ0) is 37.9. The highest BCUT2D eigenvalue weighted by atomic mass is 15.1. The third-order valence-corrected chi connectivity index (χ3v) is 14.5. The Morgan fingerprint density at radius 2 is 1.00 bits per heavy atom. The van der Waals surface area contributed by atoms with E-state index in [0.29, 0.717) is 5.92 Å². The summed E-state index contributed by atoms with van der Waals surface area (Å²) < 4.78 is 0. The fourth-order valence-corrected chi connectivity index (χ4v) is 12.3. The minimum Gasteiger partial charge on any atom is -0.309 e. The van der Waals surface area contributed by atoms with Gasteiger partial charge in [-0.2, -0.15) is 0 Å². The molecule has 57 heavy (non-hydrogen) atoms. The molecule has 0 amide bonds. The van der Waals surface area contributed by atoms with Crippen molar-refractivity contribution >= 4 is 27.8 Å². The van der Waals surface area contributed by atoms with E-state index >= 15 is 0 Å². The van der Waals surface area contributed by atoms with Crippen molar-refractivity contribution in [1.29, 1.82) is 0 Å². The van der Waals surface area contributed by atoms with E-state index in [-0.39, 0.29) is 10.8 Å². The van der Waals surface area contributed by atoms with Crippen molar-refractivity contribution in [3.05, 3.63) is 198 Å². The van der Waals surface area contributed by atoms with Crippen LogP contribution in [-0.4, -0.2) is 0 Å². The van der Waals surface area contributed by atoms with Crippen molar-refractivity contribution in [3.8, 4) is 44.5 Å². The summed E-state index contributed by atoms with van der Waals surface area (Å²) in [6, 6.07) is 66.7. The third kappa shape index (κ3) is 4.57. The highest BCUT2D eigenvalue weighted by Gasteiger charge is 2.56. The van der Waals surface area contributed by atoms with E-state index in [4.69, 9.17) is 0 Å². The monoisotopic (exact) mass is 731 g/mol. The molecule has 1 heteroatoms. The second kappa shape index (κ2) is 12.2. The average Bonchev–Trinajstić information content (AvgIpc) is 4.01. The first-order valence-electron chi connectivity index (χ1n) is 21.0. The van der Waals surface area contributed by atoms with Gasteiger partial charge in [-0.25, -0.2) is 0 Å². The molecular formula is C56H45N. The van der Waals surface area contributed by atoms with Gasteiger partial charge in [-0.1, -0.05) is 172 Å². The average molecular weight is 732 g/mol. The van der Waals surface area contributed by atoms with E-state index in [1.54, 1.807) is 5.56 Å². The molecule has 12 rings (SSSR count). The first-order valence-corrected chi connectivity index (χ1v) is 21.0. The van der Waals surface area contributed by atoms with Gasteiger partial charge < -0.3 is 4.90 Å².